The zero-order valence-electron chi connectivity index (χ0n) is 17.1. The van der Waals surface area contributed by atoms with Gasteiger partial charge in [0.1, 0.15) is 0 Å². The van der Waals surface area contributed by atoms with Gasteiger partial charge in [-0.2, -0.15) is 0 Å². The van der Waals surface area contributed by atoms with Crippen molar-refractivity contribution in [2.75, 3.05) is 13.7 Å². The molecule has 3 N–H and O–H groups in total. The molecule has 0 aromatic rings. The highest BCUT2D eigenvalue weighted by Gasteiger charge is 2.39. The summed E-state index contributed by atoms with van der Waals surface area (Å²) in [5.74, 6) is 0.658. The molecular formula is C21H35N3O3. The average Bonchev–Trinajstić information content (AvgIpc) is 2.65. The molecule has 6 nitrogen and oxygen atoms in total. The Labute approximate surface area is 162 Å². The number of nitrogens with one attached hydrogen (secondary N) is 3. The first-order chi connectivity index (χ1) is 12.9. The van der Waals surface area contributed by atoms with E-state index in [1.165, 1.54) is 0 Å². The summed E-state index contributed by atoms with van der Waals surface area (Å²) in [5, 5.41) is 9.76. The van der Waals surface area contributed by atoms with Gasteiger partial charge in [0, 0.05) is 36.7 Å². The van der Waals surface area contributed by atoms with Crippen molar-refractivity contribution < 1.29 is 14.3 Å². The van der Waals surface area contributed by atoms with E-state index in [-0.39, 0.29) is 36.2 Å². The predicted octanol–water partition coefficient (Wildman–Crippen LogP) is 1.90. The van der Waals surface area contributed by atoms with Crippen LogP contribution in [-0.4, -0.2) is 49.7 Å². The highest BCUT2D eigenvalue weighted by atomic mass is 16.5. The van der Waals surface area contributed by atoms with Gasteiger partial charge < -0.3 is 20.7 Å². The van der Waals surface area contributed by atoms with Gasteiger partial charge in [-0.15, -0.1) is 0 Å². The van der Waals surface area contributed by atoms with Crippen LogP contribution in [0.3, 0.4) is 0 Å². The standard InChI is InChI=1S/C21H35N3O3/c1-12-17(21(26)24-18-9-10-22-14(3)20(12)18)11-19(25)23-13(2)15-5-7-16(27-4)8-6-15/h13-16,18,20,22H,5-11H2,1-4H3,(H,23,25)(H,24,26)/t13-,14?,15?,16?,18?,20?/m1/s1. The van der Waals surface area contributed by atoms with Crippen LogP contribution >= 0.6 is 0 Å². The third-order valence-corrected chi connectivity index (χ3v) is 6.95. The van der Waals surface area contributed by atoms with Crippen molar-refractivity contribution in [1.29, 1.82) is 0 Å². The molecule has 152 valence electrons. The molecule has 1 saturated heterocycles. The Morgan fingerprint density at radius 2 is 1.96 bits per heavy atom. The lowest BCUT2D eigenvalue weighted by atomic mass is 9.76. The summed E-state index contributed by atoms with van der Waals surface area (Å²) < 4.78 is 5.43. The lowest BCUT2D eigenvalue weighted by Crippen LogP contribution is -2.57. The summed E-state index contributed by atoms with van der Waals surface area (Å²) in [5.41, 5.74) is 1.73. The van der Waals surface area contributed by atoms with E-state index in [2.05, 4.69) is 29.8 Å². The van der Waals surface area contributed by atoms with Crippen molar-refractivity contribution >= 4 is 11.8 Å². The SMILES string of the molecule is COC1CCC([C@@H](C)NC(=O)CC2=C(C)C3C(C)NCCC3NC2=O)CC1. The topological polar surface area (TPSA) is 79.5 Å². The molecule has 6 heteroatoms. The second-order valence-corrected chi connectivity index (χ2v) is 8.60. The molecule has 27 heavy (non-hydrogen) atoms. The first-order valence-corrected chi connectivity index (χ1v) is 10.5. The Morgan fingerprint density at radius 3 is 2.63 bits per heavy atom. The van der Waals surface area contributed by atoms with Crippen molar-refractivity contribution in [3.05, 3.63) is 11.1 Å². The minimum absolute atomic E-state index is 0.0456. The van der Waals surface area contributed by atoms with Crippen LogP contribution in [0.4, 0.5) is 0 Å². The van der Waals surface area contributed by atoms with Crippen molar-refractivity contribution in [1.82, 2.24) is 16.0 Å². The Balaban J connectivity index is 1.59. The molecule has 3 unspecified atom stereocenters. The van der Waals surface area contributed by atoms with E-state index in [9.17, 15) is 9.59 Å². The molecule has 2 heterocycles. The van der Waals surface area contributed by atoms with Gasteiger partial charge in [-0.05, 0) is 65.3 Å². The van der Waals surface area contributed by atoms with Gasteiger partial charge in [-0.3, -0.25) is 9.59 Å². The van der Waals surface area contributed by atoms with Gasteiger partial charge in [-0.1, -0.05) is 5.57 Å². The molecule has 3 rings (SSSR count). The fourth-order valence-electron chi connectivity index (χ4n) is 5.22. The van der Waals surface area contributed by atoms with E-state index in [4.69, 9.17) is 4.74 Å². The smallest absolute Gasteiger partial charge is 0.247 e. The van der Waals surface area contributed by atoms with Gasteiger partial charge in [0.25, 0.3) is 0 Å². The molecule has 0 aromatic carbocycles. The van der Waals surface area contributed by atoms with Crippen LogP contribution in [0.15, 0.2) is 11.1 Å². The Kier molecular flexibility index (Phi) is 6.58. The van der Waals surface area contributed by atoms with Crippen molar-refractivity contribution in [2.24, 2.45) is 11.8 Å². The minimum Gasteiger partial charge on any atom is -0.381 e. The second kappa shape index (κ2) is 8.74. The number of carbonyl (C=O) groups is 2. The first-order valence-electron chi connectivity index (χ1n) is 10.5. The van der Waals surface area contributed by atoms with E-state index in [0.717, 1.165) is 44.2 Å². The first kappa shape index (κ1) is 20.3. The molecule has 0 spiro atoms. The molecule has 0 radical (unpaired) electrons. The van der Waals surface area contributed by atoms with Crippen LogP contribution < -0.4 is 16.0 Å². The summed E-state index contributed by atoms with van der Waals surface area (Å²) >= 11 is 0. The summed E-state index contributed by atoms with van der Waals surface area (Å²) in [7, 11) is 1.77. The maximum Gasteiger partial charge on any atom is 0.247 e. The monoisotopic (exact) mass is 377 g/mol. The number of methoxy groups -OCH3 is 1. The third kappa shape index (κ3) is 4.54. The molecule has 4 atom stereocenters. The quantitative estimate of drug-likeness (QED) is 0.684. The molecule has 2 amide bonds. The van der Waals surface area contributed by atoms with Crippen LogP contribution in [0, 0.1) is 11.8 Å². The number of amides is 2. The Morgan fingerprint density at radius 1 is 1.26 bits per heavy atom. The van der Waals surface area contributed by atoms with Gasteiger partial charge in [0.15, 0.2) is 0 Å². The molecule has 2 aliphatic heterocycles. The lowest BCUT2D eigenvalue weighted by molar-refractivity contribution is -0.125. The highest BCUT2D eigenvalue weighted by molar-refractivity contribution is 6.00. The fourth-order valence-corrected chi connectivity index (χ4v) is 5.22. The molecule has 1 aliphatic carbocycles. The van der Waals surface area contributed by atoms with Crippen LogP contribution in [0.2, 0.25) is 0 Å². The minimum atomic E-state index is -0.0637. The molecule has 3 aliphatic rings. The zero-order valence-corrected chi connectivity index (χ0v) is 17.1. The zero-order chi connectivity index (χ0) is 19.6. The molecule has 0 aromatic heterocycles. The van der Waals surface area contributed by atoms with Gasteiger partial charge in [-0.25, -0.2) is 0 Å². The van der Waals surface area contributed by atoms with Gasteiger partial charge in [0.05, 0.1) is 12.5 Å². The molecular weight excluding hydrogens is 342 g/mol. The Bertz CT molecular complexity index is 595. The second-order valence-electron chi connectivity index (χ2n) is 8.60. The fraction of sp³-hybridized carbons (Fsp3) is 0.810. The number of piperidine rings is 1. The molecule has 2 fully saturated rings. The van der Waals surface area contributed by atoms with E-state index >= 15 is 0 Å². The van der Waals surface area contributed by atoms with Crippen LogP contribution in [-0.2, 0) is 14.3 Å². The lowest BCUT2D eigenvalue weighted by Gasteiger charge is -2.42. The Hall–Kier alpha value is -1.40. The third-order valence-electron chi connectivity index (χ3n) is 6.95. The van der Waals surface area contributed by atoms with E-state index < -0.39 is 0 Å². The summed E-state index contributed by atoms with van der Waals surface area (Å²) in [6, 6.07) is 0.638. The maximum atomic E-state index is 12.7. The number of hydrogen-bond donors (Lipinski definition) is 3. The summed E-state index contributed by atoms with van der Waals surface area (Å²) in [6.45, 7) is 7.20. The van der Waals surface area contributed by atoms with Crippen molar-refractivity contribution in [3.8, 4) is 0 Å². The van der Waals surface area contributed by atoms with Crippen molar-refractivity contribution in [2.45, 2.75) is 83.5 Å². The summed E-state index contributed by atoms with van der Waals surface area (Å²) in [4.78, 5) is 25.2. The normalized spacial score (nSPS) is 35.3. The predicted molar refractivity (Wildman–Crippen MR) is 105 cm³/mol. The average molecular weight is 378 g/mol. The number of hydrogen-bond acceptors (Lipinski definition) is 4. The van der Waals surface area contributed by atoms with E-state index in [1.54, 1.807) is 7.11 Å². The highest BCUT2D eigenvalue weighted by Crippen LogP contribution is 2.32. The van der Waals surface area contributed by atoms with Crippen molar-refractivity contribution in [3.63, 3.8) is 0 Å². The number of ether oxygens (including phenoxy) is 1. The van der Waals surface area contributed by atoms with Crippen LogP contribution in [0.1, 0.15) is 59.3 Å². The maximum absolute atomic E-state index is 12.7. The number of carbonyl (C=O) groups excluding carboxylic acids is 2. The van der Waals surface area contributed by atoms with Gasteiger partial charge in [0.2, 0.25) is 11.8 Å². The number of rotatable bonds is 5. The van der Waals surface area contributed by atoms with E-state index in [1.807, 2.05) is 6.92 Å². The van der Waals surface area contributed by atoms with Gasteiger partial charge >= 0.3 is 0 Å². The molecule has 0 bridgehead atoms. The largest absolute Gasteiger partial charge is 0.381 e. The molecule has 1 saturated carbocycles. The number of fused-ring (bicyclic) bond motifs is 1. The van der Waals surface area contributed by atoms with Crippen LogP contribution in [0.25, 0.3) is 0 Å². The van der Waals surface area contributed by atoms with E-state index in [0.29, 0.717) is 23.6 Å². The van der Waals surface area contributed by atoms with Crippen LogP contribution in [0.5, 0.6) is 0 Å². The summed E-state index contributed by atoms with van der Waals surface area (Å²) in [6.07, 6.45) is 5.75.